The molecule has 1 nitrogen and oxygen atoms in total. The number of carbonyl (C=O) groups excluding carboxylic acids is 1. The average molecular weight is 172 g/mol. The van der Waals surface area contributed by atoms with Crippen molar-refractivity contribution in [2.75, 3.05) is 0 Å². The van der Waals surface area contributed by atoms with E-state index in [0.29, 0.717) is 23.5 Å². The van der Waals surface area contributed by atoms with Gasteiger partial charge >= 0.3 is 0 Å². The number of fused-ring (bicyclic) bond motifs is 1. The molecule has 0 amide bonds. The second-order valence-corrected chi connectivity index (χ2v) is 4.15. The van der Waals surface area contributed by atoms with Gasteiger partial charge in [0.25, 0.3) is 0 Å². The van der Waals surface area contributed by atoms with Gasteiger partial charge in [-0.15, -0.1) is 0 Å². The number of rotatable bonds is 0. The molecule has 2 bridgehead atoms. The molecule has 0 aromatic rings. The van der Waals surface area contributed by atoms with Crippen molar-refractivity contribution in [3.05, 3.63) is 36.5 Å². The minimum atomic E-state index is 0.162. The molecular weight excluding hydrogens is 160 g/mol. The van der Waals surface area contributed by atoms with Crippen LogP contribution in [0.3, 0.4) is 0 Å². The summed E-state index contributed by atoms with van der Waals surface area (Å²) in [5.74, 6) is 2.09. The van der Waals surface area contributed by atoms with Gasteiger partial charge in [-0.2, -0.15) is 0 Å². The molecule has 0 aliphatic heterocycles. The van der Waals surface area contributed by atoms with Crippen molar-refractivity contribution in [2.24, 2.45) is 23.7 Å². The summed E-state index contributed by atoms with van der Waals surface area (Å²) in [5, 5.41) is 0. The smallest absolute Gasteiger partial charge is 0.162 e. The van der Waals surface area contributed by atoms with Crippen molar-refractivity contribution in [1.29, 1.82) is 0 Å². The predicted molar refractivity (Wildman–Crippen MR) is 51.0 cm³/mol. The van der Waals surface area contributed by atoms with E-state index >= 15 is 0 Å². The first-order chi connectivity index (χ1) is 6.36. The standard InChI is InChI=1S/C12H12O/c13-12-7-5-8-4-6-11(12)10-3-1-2-9(8)10/h1-2,4-11H,3H2. The van der Waals surface area contributed by atoms with Crippen LogP contribution in [0.5, 0.6) is 0 Å². The van der Waals surface area contributed by atoms with Crippen LogP contribution >= 0.6 is 0 Å². The van der Waals surface area contributed by atoms with E-state index in [1.54, 1.807) is 6.08 Å². The Morgan fingerprint density at radius 3 is 3.00 bits per heavy atom. The fourth-order valence-corrected chi connectivity index (χ4v) is 2.83. The third-order valence-electron chi connectivity index (χ3n) is 3.52. The molecule has 0 fully saturated rings. The third kappa shape index (κ3) is 0.902. The molecule has 0 N–H and O–H groups in total. The quantitative estimate of drug-likeness (QED) is 0.511. The zero-order valence-corrected chi connectivity index (χ0v) is 7.39. The molecule has 4 rings (SSSR count). The Labute approximate surface area is 77.8 Å². The van der Waals surface area contributed by atoms with Crippen molar-refractivity contribution in [1.82, 2.24) is 0 Å². The van der Waals surface area contributed by atoms with E-state index in [2.05, 4.69) is 30.4 Å². The van der Waals surface area contributed by atoms with Gasteiger partial charge in [-0.05, 0) is 24.3 Å². The Balaban J connectivity index is 2.10. The second-order valence-electron chi connectivity index (χ2n) is 4.15. The van der Waals surface area contributed by atoms with E-state index in [1.807, 2.05) is 0 Å². The van der Waals surface area contributed by atoms with Gasteiger partial charge in [0.05, 0.1) is 0 Å². The van der Waals surface area contributed by atoms with Gasteiger partial charge in [0.1, 0.15) is 0 Å². The zero-order valence-electron chi connectivity index (χ0n) is 7.39. The van der Waals surface area contributed by atoms with Gasteiger partial charge in [-0.1, -0.05) is 30.4 Å². The van der Waals surface area contributed by atoms with Crippen LogP contribution in [0.4, 0.5) is 0 Å². The highest BCUT2D eigenvalue weighted by atomic mass is 16.1. The molecule has 0 aromatic heterocycles. The fourth-order valence-electron chi connectivity index (χ4n) is 2.83. The molecule has 0 radical (unpaired) electrons. The second kappa shape index (κ2) is 2.44. The normalized spacial score (nSPS) is 45.4. The van der Waals surface area contributed by atoms with E-state index in [0.717, 1.165) is 6.42 Å². The number of allylic oxidation sites excluding steroid dienone is 6. The average Bonchev–Trinajstić information content (AvgIpc) is 2.52. The van der Waals surface area contributed by atoms with E-state index in [4.69, 9.17) is 0 Å². The lowest BCUT2D eigenvalue weighted by Crippen LogP contribution is -2.28. The number of ketones is 1. The monoisotopic (exact) mass is 172 g/mol. The van der Waals surface area contributed by atoms with E-state index in [9.17, 15) is 4.79 Å². The summed E-state index contributed by atoms with van der Waals surface area (Å²) in [6.45, 7) is 0. The van der Waals surface area contributed by atoms with Crippen LogP contribution in [0.15, 0.2) is 36.5 Å². The molecule has 4 aliphatic rings. The summed E-state index contributed by atoms with van der Waals surface area (Å²) in [6.07, 6.45) is 13.8. The van der Waals surface area contributed by atoms with Gasteiger partial charge in [0.2, 0.25) is 0 Å². The van der Waals surface area contributed by atoms with Crippen LogP contribution in [0.1, 0.15) is 6.42 Å². The minimum Gasteiger partial charge on any atom is -0.294 e. The van der Waals surface area contributed by atoms with Crippen LogP contribution in [-0.2, 0) is 4.79 Å². The summed E-state index contributed by atoms with van der Waals surface area (Å²) in [7, 11) is 0. The Morgan fingerprint density at radius 1 is 1.15 bits per heavy atom. The first kappa shape index (κ1) is 7.31. The summed E-state index contributed by atoms with van der Waals surface area (Å²) in [4.78, 5) is 11.6. The van der Waals surface area contributed by atoms with Crippen molar-refractivity contribution >= 4 is 5.78 Å². The molecule has 1 heteroatoms. The summed E-state index contributed by atoms with van der Waals surface area (Å²) < 4.78 is 0. The van der Waals surface area contributed by atoms with E-state index < -0.39 is 0 Å². The van der Waals surface area contributed by atoms with E-state index in [-0.39, 0.29) is 5.92 Å². The fraction of sp³-hybridized carbons (Fsp3) is 0.417. The Hall–Kier alpha value is -1.11. The molecule has 0 saturated heterocycles. The lowest BCUT2D eigenvalue weighted by molar-refractivity contribution is -0.118. The van der Waals surface area contributed by atoms with E-state index in [1.165, 1.54) is 0 Å². The van der Waals surface area contributed by atoms with Crippen molar-refractivity contribution < 1.29 is 4.79 Å². The molecule has 13 heavy (non-hydrogen) atoms. The lowest BCUT2D eigenvalue weighted by atomic mass is 9.73. The van der Waals surface area contributed by atoms with Gasteiger partial charge in [-0.3, -0.25) is 4.79 Å². The molecule has 0 spiro atoms. The van der Waals surface area contributed by atoms with Crippen LogP contribution in [-0.4, -0.2) is 5.78 Å². The Morgan fingerprint density at radius 2 is 2.08 bits per heavy atom. The summed E-state index contributed by atoms with van der Waals surface area (Å²) in [6, 6.07) is 0. The number of hydrogen-bond donors (Lipinski definition) is 0. The zero-order chi connectivity index (χ0) is 8.84. The molecule has 66 valence electrons. The van der Waals surface area contributed by atoms with Gasteiger partial charge in [0.15, 0.2) is 5.78 Å². The van der Waals surface area contributed by atoms with Crippen molar-refractivity contribution in [3.8, 4) is 0 Å². The summed E-state index contributed by atoms with van der Waals surface area (Å²) >= 11 is 0. The molecule has 0 saturated carbocycles. The first-order valence-corrected chi connectivity index (χ1v) is 4.93. The summed E-state index contributed by atoms with van der Waals surface area (Å²) in [5.41, 5.74) is 0. The minimum absolute atomic E-state index is 0.162. The molecule has 0 aromatic carbocycles. The van der Waals surface area contributed by atoms with Crippen LogP contribution in [0.2, 0.25) is 0 Å². The van der Waals surface area contributed by atoms with Crippen LogP contribution < -0.4 is 0 Å². The molecule has 0 heterocycles. The maximum Gasteiger partial charge on any atom is 0.162 e. The Bertz CT molecular complexity index is 335. The number of hydrogen-bond acceptors (Lipinski definition) is 1. The SMILES string of the molecule is O=C1C=CC2C=CC1C1CC=CC21. The van der Waals surface area contributed by atoms with Gasteiger partial charge in [0, 0.05) is 11.8 Å². The topological polar surface area (TPSA) is 17.1 Å². The highest BCUT2D eigenvalue weighted by Gasteiger charge is 2.40. The lowest BCUT2D eigenvalue weighted by Gasteiger charge is -2.30. The van der Waals surface area contributed by atoms with Crippen LogP contribution in [0, 0.1) is 23.7 Å². The highest BCUT2D eigenvalue weighted by Crippen LogP contribution is 2.44. The van der Waals surface area contributed by atoms with Crippen LogP contribution in [0.25, 0.3) is 0 Å². The largest absolute Gasteiger partial charge is 0.294 e. The molecule has 4 unspecified atom stereocenters. The van der Waals surface area contributed by atoms with Gasteiger partial charge in [-0.25, -0.2) is 0 Å². The first-order valence-electron chi connectivity index (χ1n) is 4.93. The maximum atomic E-state index is 11.6. The molecule has 4 atom stereocenters. The molecular formula is C12H12O. The maximum absolute atomic E-state index is 11.6. The Kier molecular flexibility index (Phi) is 1.37. The van der Waals surface area contributed by atoms with Crippen molar-refractivity contribution in [3.63, 3.8) is 0 Å². The van der Waals surface area contributed by atoms with Crippen molar-refractivity contribution in [2.45, 2.75) is 6.42 Å². The van der Waals surface area contributed by atoms with Gasteiger partial charge < -0.3 is 0 Å². The molecule has 4 aliphatic carbocycles. The predicted octanol–water partition coefficient (Wildman–Crippen LogP) is 2.12. The number of carbonyl (C=O) groups is 1. The highest BCUT2D eigenvalue weighted by molar-refractivity contribution is 5.94. The third-order valence-corrected chi connectivity index (χ3v) is 3.52.